The van der Waals surface area contributed by atoms with Crippen molar-refractivity contribution in [1.29, 1.82) is 0 Å². The number of rotatable bonds is 3. The molecule has 108 valence electrons. The molecule has 1 aromatic carbocycles. The fourth-order valence-electron chi connectivity index (χ4n) is 3.15. The second-order valence-corrected chi connectivity index (χ2v) is 6.23. The normalized spacial score (nSPS) is 26.4. The number of methoxy groups -OCH3 is 1. The van der Waals surface area contributed by atoms with Gasteiger partial charge in [0.1, 0.15) is 5.75 Å². The van der Waals surface area contributed by atoms with Gasteiger partial charge in [-0.05, 0) is 48.8 Å². The van der Waals surface area contributed by atoms with Crippen molar-refractivity contribution in [2.24, 2.45) is 11.8 Å². The molecule has 0 bridgehead atoms. The lowest BCUT2D eigenvalue weighted by molar-refractivity contribution is -0.134. The van der Waals surface area contributed by atoms with Crippen LogP contribution in [0.5, 0.6) is 5.75 Å². The van der Waals surface area contributed by atoms with Crippen LogP contribution < -0.4 is 4.74 Å². The van der Waals surface area contributed by atoms with Crippen molar-refractivity contribution in [3.8, 4) is 5.75 Å². The summed E-state index contributed by atoms with van der Waals surface area (Å²) in [6.45, 7) is 4.18. The Morgan fingerprint density at radius 1 is 1.20 bits per heavy atom. The van der Waals surface area contributed by atoms with Crippen LogP contribution in [0, 0.1) is 11.8 Å². The minimum Gasteiger partial charge on any atom is -0.497 e. The van der Waals surface area contributed by atoms with E-state index in [2.05, 4.69) is 24.0 Å². The van der Waals surface area contributed by atoms with E-state index >= 15 is 0 Å². The third kappa shape index (κ3) is 2.67. The molecule has 1 aliphatic carbocycles. The van der Waals surface area contributed by atoms with Crippen LogP contribution in [0.15, 0.2) is 24.3 Å². The Kier molecular flexibility index (Phi) is 3.68. The zero-order valence-electron chi connectivity index (χ0n) is 12.3. The second kappa shape index (κ2) is 5.47. The first kappa shape index (κ1) is 13.5. The minimum absolute atomic E-state index is 0.219. The molecule has 2 fully saturated rings. The van der Waals surface area contributed by atoms with Gasteiger partial charge in [0.05, 0.1) is 7.11 Å². The van der Waals surface area contributed by atoms with E-state index in [4.69, 9.17) is 4.74 Å². The molecular formula is C17H23NO2. The Balaban J connectivity index is 1.59. The molecular weight excluding hydrogens is 250 g/mol. The molecule has 1 aliphatic heterocycles. The quantitative estimate of drug-likeness (QED) is 0.847. The molecule has 0 aromatic heterocycles. The number of hydrogen-bond donors (Lipinski definition) is 0. The third-order valence-electron chi connectivity index (χ3n) is 4.75. The Hall–Kier alpha value is -1.51. The zero-order valence-corrected chi connectivity index (χ0v) is 12.3. The average molecular weight is 273 g/mol. The van der Waals surface area contributed by atoms with Gasteiger partial charge in [0.25, 0.3) is 0 Å². The van der Waals surface area contributed by atoms with E-state index < -0.39 is 0 Å². The Morgan fingerprint density at radius 3 is 2.45 bits per heavy atom. The lowest BCUT2D eigenvalue weighted by Crippen LogP contribution is -2.39. The molecule has 1 saturated carbocycles. The van der Waals surface area contributed by atoms with E-state index in [0.717, 1.165) is 44.0 Å². The predicted molar refractivity (Wildman–Crippen MR) is 78.8 cm³/mol. The van der Waals surface area contributed by atoms with Gasteiger partial charge in [-0.1, -0.05) is 19.1 Å². The molecule has 0 radical (unpaired) electrons. The van der Waals surface area contributed by atoms with E-state index in [1.165, 1.54) is 5.56 Å². The number of piperidine rings is 1. The van der Waals surface area contributed by atoms with Crippen molar-refractivity contribution in [3.05, 3.63) is 29.8 Å². The van der Waals surface area contributed by atoms with E-state index in [0.29, 0.717) is 11.8 Å². The predicted octanol–water partition coefficient (Wildman–Crippen LogP) is 3.06. The Labute approximate surface area is 120 Å². The summed E-state index contributed by atoms with van der Waals surface area (Å²) in [6.07, 6.45) is 3.33. The number of carbonyl (C=O) groups excluding carboxylic acids is 1. The van der Waals surface area contributed by atoms with Gasteiger partial charge in [-0.25, -0.2) is 0 Å². The van der Waals surface area contributed by atoms with E-state index in [1.54, 1.807) is 7.11 Å². The molecule has 1 saturated heterocycles. The standard InChI is InChI=1S/C17H23NO2/c1-12-7-9-18(10-8-12)17(19)16-11-15(16)13-3-5-14(20-2)6-4-13/h3-6,12,15-16H,7-11H2,1-2H3. The Bertz CT molecular complexity index is 474. The first-order valence-corrected chi connectivity index (χ1v) is 7.61. The molecule has 0 spiro atoms. The number of ether oxygens (including phenoxy) is 1. The summed E-state index contributed by atoms with van der Waals surface area (Å²) in [5, 5.41) is 0. The van der Waals surface area contributed by atoms with Crippen LogP contribution >= 0.6 is 0 Å². The summed E-state index contributed by atoms with van der Waals surface area (Å²) >= 11 is 0. The number of carbonyl (C=O) groups is 1. The second-order valence-electron chi connectivity index (χ2n) is 6.23. The van der Waals surface area contributed by atoms with E-state index in [1.807, 2.05) is 12.1 Å². The van der Waals surface area contributed by atoms with Crippen LogP contribution in [-0.2, 0) is 4.79 Å². The summed E-state index contributed by atoms with van der Waals surface area (Å²) in [7, 11) is 1.68. The van der Waals surface area contributed by atoms with Crippen molar-refractivity contribution < 1.29 is 9.53 Å². The molecule has 2 aliphatic rings. The van der Waals surface area contributed by atoms with Crippen molar-refractivity contribution in [2.45, 2.75) is 32.1 Å². The van der Waals surface area contributed by atoms with E-state index in [-0.39, 0.29) is 5.92 Å². The van der Waals surface area contributed by atoms with Gasteiger partial charge in [-0.3, -0.25) is 4.79 Å². The maximum atomic E-state index is 12.5. The lowest BCUT2D eigenvalue weighted by Gasteiger charge is -2.30. The highest BCUT2D eigenvalue weighted by Crippen LogP contribution is 2.49. The Morgan fingerprint density at radius 2 is 1.85 bits per heavy atom. The van der Waals surface area contributed by atoms with Crippen molar-refractivity contribution in [3.63, 3.8) is 0 Å². The molecule has 1 aromatic rings. The van der Waals surface area contributed by atoms with Crippen molar-refractivity contribution >= 4 is 5.91 Å². The molecule has 20 heavy (non-hydrogen) atoms. The van der Waals surface area contributed by atoms with Crippen LogP contribution in [-0.4, -0.2) is 31.0 Å². The highest BCUT2D eigenvalue weighted by molar-refractivity contribution is 5.83. The van der Waals surface area contributed by atoms with E-state index in [9.17, 15) is 4.79 Å². The van der Waals surface area contributed by atoms with Crippen LogP contribution in [0.2, 0.25) is 0 Å². The van der Waals surface area contributed by atoms with Crippen LogP contribution in [0.1, 0.15) is 37.7 Å². The first-order valence-electron chi connectivity index (χ1n) is 7.61. The first-order chi connectivity index (χ1) is 9.69. The number of nitrogens with zero attached hydrogens (tertiary/aromatic N) is 1. The van der Waals surface area contributed by atoms with Gasteiger partial charge >= 0.3 is 0 Å². The molecule has 3 nitrogen and oxygen atoms in total. The number of hydrogen-bond acceptors (Lipinski definition) is 2. The maximum Gasteiger partial charge on any atom is 0.226 e. The zero-order chi connectivity index (χ0) is 14.1. The highest BCUT2D eigenvalue weighted by Gasteiger charge is 2.45. The molecule has 2 atom stereocenters. The van der Waals surface area contributed by atoms with Gasteiger partial charge in [-0.15, -0.1) is 0 Å². The van der Waals surface area contributed by atoms with Crippen molar-refractivity contribution in [2.75, 3.05) is 20.2 Å². The van der Waals surface area contributed by atoms with Gasteiger partial charge in [0.2, 0.25) is 5.91 Å². The maximum absolute atomic E-state index is 12.5. The number of likely N-dealkylation sites (tertiary alicyclic amines) is 1. The SMILES string of the molecule is COc1ccc(C2CC2C(=O)N2CCC(C)CC2)cc1. The van der Waals surface area contributed by atoms with Gasteiger partial charge in [-0.2, -0.15) is 0 Å². The largest absolute Gasteiger partial charge is 0.497 e. The van der Waals surface area contributed by atoms with Gasteiger partial charge in [0, 0.05) is 19.0 Å². The summed E-state index contributed by atoms with van der Waals surface area (Å²) < 4.78 is 5.17. The molecule has 3 heteroatoms. The smallest absolute Gasteiger partial charge is 0.226 e. The van der Waals surface area contributed by atoms with Gasteiger partial charge in [0.15, 0.2) is 0 Å². The van der Waals surface area contributed by atoms with Gasteiger partial charge < -0.3 is 9.64 Å². The minimum atomic E-state index is 0.219. The fourth-order valence-corrected chi connectivity index (χ4v) is 3.15. The van der Waals surface area contributed by atoms with Crippen LogP contribution in [0.3, 0.4) is 0 Å². The molecule has 3 rings (SSSR count). The molecule has 0 N–H and O–H groups in total. The molecule has 1 amide bonds. The van der Waals surface area contributed by atoms with Crippen LogP contribution in [0.4, 0.5) is 0 Å². The summed E-state index contributed by atoms with van der Waals surface area (Å²) in [6, 6.07) is 8.15. The van der Waals surface area contributed by atoms with Crippen LogP contribution in [0.25, 0.3) is 0 Å². The highest BCUT2D eigenvalue weighted by atomic mass is 16.5. The summed E-state index contributed by atoms with van der Waals surface area (Å²) in [5.74, 6) is 2.67. The van der Waals surface area contributed by atoms with Crippen molar-refractivity contribution in [1.82, 2.24) is 4.90 Å². The molecule has 2 unspecified atom stereocenters. The lowest BCUT2D eigenvalue weighted by atomic mass is 9.98. The monoisotopic (exact) mass is 273 g/mol. The summed E-state index contributed by atoms with van der Waals surface area (Å²) in [4.78, 5) is 14.6. The fraction of sp³-hybridized carbons (Fsp3) is 0.588. The third-order valence-corrected chi connectivity index (χ3v) is 4.75. The number of amides is 1. The molecule has 1 heterocycles. The average Bonchev–Trinajstić information content (AvgIpc) is 3.28. The summed E-state index contributed by atoms with van der Waals surface area (Å²) in [5.41, 5.74) is 1.27. The topological polar surface area (TPSA) is 29.5 Å². The number of benzene rings is 1.